The van der Waals surface area contributed by atoms with Crippen molar-refractivity contribution in [3.8, 4) is 0 Å². The van der Waals surface area contributed by atoms with Crippen LogP contribution in [0, 0.1) is 10.1 Å². The van der Waals surface area contributed by atoms with Gasteiger partial charge < -0.3 is 10.2 Å². The number of carbonyl (C=O) groups is 2. The highest BCUT2D eigenvalue weighted by molar-refractivity contribution is 6.31. The number of carbonyl (C=O) groups excluding carboxylic acids is 2. The van der Waals surface area contributed by atoms with E-state index < -0.39 is 11.0 Å². The summed E-state index contributed by atoms with van der Waals surface area (Å²) in [6.45, 7) is 4.42. The summed E-state index contributed by atoms with van der Waals surface area (Å²) in [5.41, 5.74) is 0.893. The Morgan fingerprint density at radius 2 is 1.73 bits per heavy atom. The second kappa shape index (κ2) is 11.3. The minimum absolute atomic E-state index is 0.118. The molecule has 0 radical (unpaired) electrons. The van der Waals surface area contributed by atoms with Gasteiger partial charge in [0.2, 0.25) is 11.8 Å². The lowest BCUT2D eigenvalue weighted by molar-refractivity contribution is -0.385. The maximum atomic E-state index is 13.3. The molecule has 0 saturated heterocycles. The van der Waals surface area contributed by atoms with E-state index in [2.05, 4.69) is 5.32 Å². The topological polar surface area (TPSA) is 92.6 Å². The Bertz CT molecular complexity index is 903. The number of nitrogens with one attached hydrogen (secondary N) is 1. The van der Waals surface area contributed by atoms with E-state index in [1.165, 1.54) is 11.0 Å². The van der Waals surface area contributed by atoms with Crippen LogP contribution in [0.15, 0.2) is 48.5 Å². The molecule has 0 saturated carbocycles. The van der Waals surface area contributed by atoms with Crippen LogP contribution in [-0.2, 0) is 22.6 Å². The third kappa shape index (κ3) is 6.03. The van der Waals surface area contributed by atoms with Crippen molar-refractivity contribution in [2.24, 2.45) is 0 Å². The van der Waals surface area contributed by atoms with Crippen molar-refractivity contribution < 1.29 is 14.5 Å². The van der Waals surface area contributed by atoms with E-state index in [-0.39, 0.29) is 30.5 Å². The van der Waals surface area contributed by atoms with Gasteiger partial charge in [-0.15, -0.1) is 0 Å². The molecule has 0 aliphatic heterocycles. The van der Waals surface area contributed by atoms with Gasteiger partial charge in [0.05, 0.1) is 11.3 Å². The molecule has 0 fully saturated rings. The molecular weight excluding hydrogens is 406 g/mol. The van der Waals surface area contributed by atoms with Crippen LogP contribution >= 0.6 is 11.6 Å². The number of nitro benzene ring substituents is 1. The van der Waals surface area contributed by atoms with Crippen molar-refractivity contribution >= 4 is 29.1 Å². The van der Waals surface area contributed by atoms with Crippen molar-refractivity contribution in [3.63, 3.8) is 0 Å². The third-order valence-corrected chi connectivity index (χ3v) is 5.13. The molecule has 0 aromatic heterocycles. The van der Waals surface area contributed by atoms with E-state index in [1.807, 2.05) is 19.9 Å². The summed E-state index contributed by atoms with van der Waals surface area (Å²) < 4.78 is 0. The summed E-state index contributed by atoms with van der Waals surface area (Å²) in [5.74, 6) is -0.620. The van der Waals surface area contributed by atoms with Crippen LogP contribution < -0.4 is 5.32 Å². The molecule has 8 heteroatoms. The zero-order chi connectivity index (χ0) is 22.1. The fourth-order valence-corrected chi connectivity index (χ4v) is 3.39. The van der Waals surface area contributed by atoms with Gasteiger partial charge in [0.1, 0.15) is 6.04 Å². The molecule has 7 nitrogen and oxygen atoms in total. The van der Waals surface area contributed by atoms with E-state index in [4.69, 9.17) is 11.6 Å². The summed E-state index contributed by atoms with van der Waals surface area (Å²) >= 11 is 6.28. The Balaban J connectivity index is 2.36. The number of hydrogen-bond acceptors (Lipinski definition) is 4. The number of halogens is 1. The molecule has 0 bridgehead atoms. The molecule has 2 amide bonds. The second-order valence-electron chi connectivity index (χ2n) is 6.89. The lowest BCUT2D eigenvalue weighted by Gasteiger charge is -2.31. The number of benzene rings is 2. The Morgan fingerprint density at radius 1 is 1.10 bits per heavy atom. The van der Waals surface area contributed by atoms with Gasteiger partial charge in [-0.1, -0.05) is 61.8 Å². The Labute approximate surface area is 181 Å². The van der Waals surface area contributed by atoms with Gasteiger partial charge >= 0.3 is 0 Å². The fraction of sp³-hybridized carbons (Fsp3) is 0.364. The van der Waals surface area contributed by atoms with Crippen molar-refractivity contribution in [1.82, 2.24) is 10.2 Å². The average Bonchev–Trinajstić information content (AvgIpc) is 2.73. The lowest BCUT2D eigenvalue weighted by Crippen LogP contribution is -2.49. The first kappa shape index (κ1) is 23.3. The molecular formula is C22H26ClN3O4. The SMILES string of the molecule is CCCNC(=O)[C@@H](CC)N(Cc1ccccc1Cl)C(=O)Cc1ccccc1[N+](=O)[O-]. The zero-order valence-corrected chi connectivity index (χ0v) is 17.9. The fourth-order valence-electron chi connectivity index (χ4n) is 3.20. The molecule has 160 valence electrons. The minimum Gasteiger partial charge on any atom is -0.354 e. The quantitative estimate of drug-likeness (QED) is 0.452. The normalized spacial score (nSPS) is 11.6. The highest BCUT2D eigenvalue weighted by atomic mass is 35.5. The van der Waals surface area contributed by atoms with Crippen LogP contribution in [-0.4, -0.2) is 34.2 Å². The average molecular weight is 432 g/mol. The summed E-state index contributed by atoms with van der Waals surface area (Å²) in [5, 5.41) is 14.7. The van der Waals surface area contributed by atoms with Crippen LogP contribution in [0.3, 0.4) is 0 Å². The summed E-state index contributed by atoms with van der Waals surface area (Å²) in [6, 6.07) is 12.5. The summed E-state index contributed by atoms with van der Waals surface area (Å²) in [4.78, 5) is 38.3. The Morgan fingerprint density at radius 3 is 2.33 bits per heavy atom. The van der Waals surface area contributed by atoms with Crippen molar-refractivity contribution in [2.45, 2.75) is 45.7 Å². The molecule has 1 N–H and O–H groups in total. The first-order valence-electron chi connectivity index (χ1n) is 9.91. The standard InChI is InChI=1S/C22H26ClN3O4/c1-3-13-24-22(28)19(4-2)25(15-17-10-5-7-11-18(17)23)21(27)14-16-9-6-8-12-20(16)26(29)30/h5-12,19H,3-4,13-15H2,1-2H3,(H,24,28)/t19-/m1/s1. The number of amides is 2. The van der Waals surface area contributed by atoms with E-state index in [0.29, 0.717) is 29.1 Å². The third-order valence-electron chi connectivity index (χ3n) is 4.76. The van der Waals surface area contributed by atoms with E-state index >= 15 is 0 Å². The Hall–Kier alpha value is -2.93. The first-order chi connectivity index (χ1) is 14.4. The molecule has 1 atom stereocenters. The molecule has 0 heterocycles. The predicted octanol–water partition coefficient (Wildman–Crippen LogP) is 4.12. The molecule has 2 aromatic carbocycles. The highest BCUT2D eigenvalue weighted by Gasteiger charge is 2.30. The van der Waals surface area contributed by atoms with Crippen LogP contribution in [0.25, 0.3) is 0 Å². The zero-order valence-electron chi connectivity index (χ0n) is 17.1. The van der Waals surface area contributed by atoms with Gasteiger partial charge in [0.25, 0.3) is 5.69 Å². The molecule has 30 heavy (non-hydrogen) atoms. The second-order valence-corrected chi connectivity index (χ2v) is 7.30. The van der Waals surface area contributed by atoms with Crippen LogP contribution in [0.4, 0.5) is 5.69 Å². The predicted molar refractivity (Wildman–Crippen MR) is 116 cm³/mol. The smallest absolute Gasteiger partial charge is 0.273 e. The lowest BCUT2D eigenvalue weighted by atomic mass is 10.1. The molecule has 0 spiro atoms. The van der Waals surface area contributed by atoms with Crippen molar-refractivity contribution in [1.29, 1.82) is 0 Å². The molecule has 0 aliphatic carbocycles. The van der Waals surface area contributed by atoms with Crippen molar-refractivity contribution in [2.75, 3.05) is 6.54 Å². The number of nitrogens with zero attached hydrogens (tertiary/aromatic N) is 2. The molecule has 0 unspecified atom stereocenters. The van der Waals surface area contributed by atoms with Crippen molar-refractivity contribution in [3.05, 3.63) is 74.8 Å². The van der Waals surface area contributed by atoms with Crippen LogP contribution in [0.5, 0.6) is 0 Å². The number of hydrogen-bond donors (Lipinski definition) is 1. The highest BCUT2D eigenvalue weighted by Crippen LogP contribution is 2.23. The Kier molecular flexibility index (Phi) is 8.80. The molecule has 2 rings (SSSR count). The van der Waals surface area contributed by atoms with E-state index in [0.717, 1.165) is 6.42 Å². The van der Waals surface area contributed by atoms with Gasteiger partial charge in [0.15, 0.2) is 0 Å². The van der Waals surface area contributed by atoms with Gasteiger partial charge in [0, 0.05) is 29.7 Å². The van der Waals surface area contributed by atoms with Gasteiger partial charge in [-0.3, -0.25) is 19.7 Å². The summed E-state index contributed by atoms with van der Waals surface area (Å²) in [6.07, 6.45) is 0.999. The minimum atomic E-state index is -0.705. The monoisotopic (exact) mass is 431 g/mol. The molecule has 2 aromatic rings. The van der Waals surface area contributed by atoms with Crippen LogP contribution in [0.2, 0.25) is 5.02 Å². The summed E-state index contributed by atoms with van der Waals surface area (Å²) in [7, 11) is 0. The number of para-hydroxylation sites is 1. The molecule has 0 aliphatic rings. The van der Waals surface area contributed by atoms with Gasteiger partial charge in [-0.25, -0.2) is 0 Å². The largest absolute Gasteiger partial charge is 0.354 e. The van der Waals surface area contributed by atoms with E-state index in [9.17, 15) is 19.7 Å². The maximum Gasteiger partial charge on any atom is 0.273 e. The number of rotatable bonds is 10. The van der Waals surface area contributed by atoms with Crippen LogP contribution in [0.1, 0.15) is 37.8 Å². The van der Waals surface area contributed by atoms with Gasteiger partial charge in [-0.2, -0.15) is 0 Å². The first-order valence-corrected chi connectivity index (χ1v) is 10.3. The van der Waals surface area contributed by atoms with Gasteiger partial charge in [-0.05, 0) is 24.5 Å². The number of nitro groups is 1. The van der Waals surface area contributed by atoms with E-state index in [1.54, 1.807) is 36.4 Å². The maximum absolute atomic E-state index is 13.3.